The monoisotopic (exact) mass is 317 g/mol. The van der Waals surface area contributed by atoms with E-state index in [2.05, 4.69) is 33.9 Å². The van der Waals surface area contributed by atoms with E-state index in [1.807, 2.05) is 43.4 Å². The number of benzene rings is 2. The first-order chi connectivity index (χ1) is 10.8. The molecule has 1 N–H and O–H groups in total. The van der Waals surface area contributed by atoms with Gasteiger partial charge in [0.05, 0.1) is 0 Å². The summed E-state index contributed by atoms with van der Waals surface area (Å²) < 4.78 is 10.0. The average molecular weight is 317 g/mol. The van der Waals surface area contributed by atoms with Crippen LogP contribution in [0, 0.1) is 0 Å². The molecule has 0 atom stereocenters. The molecule has 0 unspecified atom stereocenters. The first kappa shape index (κ1) is 16.4. The van der Waals surface area contributed by atoms with Crippen LogP contribution in [0.3, 0.4) is 0 Å². The normalized spacial score (nSPS) is 10.8. The first-order valence-corrected chi connectivity index (χ1v) is 7.98. The SMILES string of the molecule is CNc1ccc(/C=C/c2ccc(OCOOSC)cc2)cc1. The minimum absolute atomic E-state index is 0.0633. The van der Waals surface area contributed by atoms with Crippen molar-refractivity contribution < 1.29 is 14.0 Å². The summed E-state index contributed by atoms with van der Waals surface area (Å²) in [4.78, 5) is 4.76. The Morgan fingerprint density at radius 1 is 0.955 bits per heavy atom. The summed E-state index contributed by atoms with van der Waals surface area (Å²) in [7, 11) is 1.91. The molecule has 0 amide bonds. The van der Waals surface area contributed by atoms with Gasteiger partial charge in [-0.1, -0.05) is 36.4 Å². The third-order valence-electron chi connectivity index (χ3n) is 2.94. The standard InChI is InChI=1S/C17H19NO3S/c1-18-16-9-5-14(6-10-16)3-4-15-7-11-17(12-8-15)19-13-20-21-22-2/h3-12,18H,13H2,1-2H3/b4-3+. The molecule has 4 nitrogen and oxygen atoms in total. The largest absolute Gasteiger partial charge is 0.465 e. The Labute approximate surface area is 135 Å². The van der Waals surface area contributed by atoms with Crippen molar-refractivity contribution in [2.45, 2.75) is 0 Å². The van der Waals surface area contributed by atoms with Gasteiger partial charge in [0.15, 0.2) is 0 Å². The fourth-order valence-electron chi connectivity index (χ4n) is 1.79. The van der Waals surface area contributed by atoms with Crippen LogP contribution in [0.2, 0.25) is 0 Å². The molecule has 2 aromatic carbocycles. The summed E-state index contributed by atoms with van der Waals surface area (Å²) in [5, 5.41) is 3.10. The van der Waals surface area contributed by atoms with E-state index < -0.39 is 0 Å². The van der Waals surface area contributed by atoms with Crippen LogP contribution >= 0.6 is 12.0 Å². The third-order valence-corrected chi connectivity index (χ3v) is 3.17. The highest BCUT2D eigenvalue weighted by atomic mass is 32.2. The molecule has 2 aromatic rings. The average Bonchev–Trinajstić information content (AvgIpc) is 2.58. The van der Waals surface area contributed by atoms with Gasteiger partial charge in [0, 0.05) is 31.0 Å². The van der Waals surface area contributed by atoms with Crippen molar-refractivity contribution in [3.05, 3.63) is 59.7 Å². The fraction of sp³-hybridized carbons (Fsp3) is 0.176. The second kappa shape index (κ2) is 9.15. The van der Waals surface area contributed by atoms with E-state index in [1.54, 1.807) is 6.26 Å². The summed E-state index contributed by atoms with van der Waals surface area (Å²) in [5.41, 5.74) is 3.36. The molecule has 0 saturated carbocycles. The van der Waals surface area contributed by atoms with Gasteiger partial charge in [0.2, 0.25) is 6.79 Å². The number of rotatable bonds is 8. The Bertz CT molecular complexity index is 582. The molecule has 0 aliphatic heterocycles. The van der Waals surface area contributed by atoms with Crippen LogP contribution in [0.25, 0.3) is 12.2 Å². The molecule has 5 heteroatoms. The second-order valence-electron chi connectivity index (χ2n) is 4.39. The van der Waals surface area contributed by atoms with Crippen molar-refractivity contribution in [3.8, 4) is 5.75 Å². The number of hydrogen-bond donors (Lipinski definition) is 1. The smallest absolute Gasteiger partial charge is 0.222 e. The van der Waals surface area contributed by atoms with Gasteiger partial charge in [-0.2, -0.15) is 9.22 Å². The summed E-state index contributed by atoms with van der Waals surface area (Å²) in [6.07, 6.45) is 5.91. The minimum atomic E-state index is 0.0633. The van der Waals surface area contributed by atoms with Crippen LogP contribution in [0.15, 0.2) is 48.5 Å². The van der Waals surface area contributed by atoms with E-state index in [1.165, 1.54) is 0 Å². The number of anilines is 1. The minimum Gasteiger partial charge on any atom is -0.465 e. The summed E-state index contributed by atoms with van der Waals surface area (Å²) >= 11 is 1.13. The van der Waals surface area contributed by atoms with E-state index in [0.717, 1.165) is 34.6 Å². The Morgan fingerprint density at radius 2 is 1.55 bits per heavy atom. The highest BCUT2D eigenvalue weighted by Gasteiger charge is 1.95. The second-order valence-corrected chi connectivity index (χ2v) is 4.86. The molecule has 0 spiro atoms. The zero-order chi connectivity index (χ0) is 15.6. The van der Waals surface area contributed by atoms with E-state index >= 15 is 0 Å². The van der Waals surface area contributed by atoms with Gasteiger partial charge >= 0.3 is 0 Å². The van der Waals surface area contributed by atoms with Gasteiger partial charge in [0.25, 0.3) is 0 Å². The molecular formula is C17H19NO3S. The lowest BCUT2D eigenvalue weighted by Gasteiger charge is -2.05. The zero-order valence-electron chi connectivity index (χ0n) is 12.6. The van der Waals surface area contributed by atoms with Crippen molar-refractivity contribution in [2.24, 2.45) is 0 Å². The highest BCUT2D eigenvalue weighted by Crippen LogP contribution is 2.16. The molecule has 22 heavy (non-hydrogen) atoms. The lowest BCUT2D eigenvalue weighted by atomic mass is 10.1. The Kier molecular flexibility index (Phi) is 6.83. The highest BCUT2D eigenvalue weighted by molar-refractivity contribution is 7.93. The van der Waals surface area contributed by atoms with Crippen LogP contribution in [0.4, 0.5) is 5.69 Å². The molecule has 116 valence electrons. The van der Waals surface area contributed by atoms with Crippen molar-refractivity contribution in [2.75, 3.05) is 25.4 Å². The molecule has 0 aliphatic rings. The van der Waals surface area contributed by atoms with Crippen molar-refractivity contribution in [1.82, 2.24) is 0 Å². The number of nitrogens with one attached hydrogen (secondary N) is 1. The molecule has 0 heterocycles. The first-order valence-electron chi connectivity index (χ1n) is 6.83. The molecule has 0 radical (unpaired) electrons. The van der Waals surface area contributed by atoms with E-state index in [4.69, 9.17) is 9.62 Å². The topological polar surface area (TPSA) is 39.7 Å². The van der Waals surface area contributed by atoms with Gasteiger partial charge in [-0.15, -0.1) is 0 Å². The van der Waals surface area contributed by atoms with Crippen LogP contribution < -0.4 is 10.1 Å². The zero-order valence-corrected chi connectivity index (χ0v) is 13.4. The van der Waals surface area contributed by atoms with Crippen LogP contribution in [-0.4, -0.2) is 20.1 Å². The summed E-state index contributed by atoms with van der Waals surface area (Å²) in [6.45, 7) is 0.0633. The summed E-state index contributed by atoms with van der Waals surface area (Å²) in [5.74, 6) is 0.736. The lowest BCUT2D eigenvalue weighted by Crippen LogP contribution is -2.00. The maximum absolute atomic E-state index is 5.36. The van der Waals surface area contributed by atoms with Gasteiger partial charge in [-0.3, -0.25) is 0 Å². The Morgan fingerprint density at radius 3 is 2.09 bits per heavy atom. The van der Waals surface area contributed by atoms with Gasteiger partial charge in [-0.05, 0) is 35.4 Å². The van der Waals surface area contributed by atoms with Crippen molar-refractivity contribution >= 4 is 29.9 Å². The molecule has 0 saturated heterocycles. The lowest BCUT2D eigenvalue weighted by molar-refractivity contribution is -0.232. The van der Waals surface area contributed by atoms with Crippen LogP contribution in [0.5, 0.6) is 5.75 Å². The maximum atomic E-state index is 5.36. The summed E-state index contributed by atoms with van der Waals surface area (Å²) in [6, 6.07) is 16.0. The predicted octanol–water partition coefficient (Wildman–Crippen LogP) is 4.46. The van der Waals surface area contributed by atoms with E-state index in [9.17, 15) is 0 Å². The molecule has 0 aromatic heterocycles. The molecule has 0 aliphatic carbocycles. The number of ether oxygens (including phenoxy) is 1. The maximum Gasteiger partial charge on any atom is 0.222 e. The molecule has 0 bridgehead atoms. The van der Waals surface area contributed by atoms with Crippen molar-refractivity contribution in [3.63, 3.8) is 0 Å². The molecule has 0 fully saturated rings. The van der Waals surface area contributed by atoms with E-state index in [0.29, 0.717) is 0 Å². The van der Waals surface area contributed by atoms with Crippen molar-refractivity contribution in [1.29, 1.82) is 0 Å². The van der Waals surface area contributed by atoms with Gasteiger partial charge in [-0.25, -0.2) is 0 Å². The molecule has 2 rings (SSSR count). The number of hydrogen-bond acceptors (Lipinski definition) is 5. The Balaban J connectivity index is 1.88. The fourth-order valence-corrected chi connectivity index (χ4v) is 1.92. The van der Waals surface area contributed by atoms with Crippen LogP contribution in [0.1, 0.15) is 11.1 Å². The predicted molar refractivity (Wildman–Crippen MR) is 92.5 cm³/mol. The van der Waals surface area contributed by atoms with E-state index in [-0.39, 0.29) is 6.79 Å². The Hall–Kier alpha value is -1.95. The van der Waals surface area contributed by atoms with Gasteiger partial charge < -0.3 is 10.1 Å². The third kappa shape index (κ3) is 5.44. The quantitative estimate of drug-likeness (QED) is 0.194. The molecular weight excluding hydrogens is 298 g/mol. The van der Waals surface area contributed by atoms with Gasteiger partial charge in [0.1, 0.15) is 5.75 Å². The van der Waals surface area contributed by atoms with Crippen LogP contribution in [-0.2, 0) is 9.22 Å².